The molecule has 2 heteroatoms. The molecule has 0 bridgehead atoms. The van der Waals surface area contributed by atoms with Crippen LogP contribution >= 0.6 is 0 Å². The summed E-state index contributed by atoms with van der Waals surface area (Å²) in [5.41, 5.74) is 6.79. The molecule has 0 spiro atoms. The van der Waals surface area contributed by atoms with E-state index in [0.29, 0.717) is 0 Å². The van der Waals surface area contributed by atoms with Gasteiger partial charge in [-0.1, -0.05) is 133 Å². The van der Waals surface area contributed by atoms with Crippen LogP contribution in [0, 0.1) is 0 Å². The van der Waals surface area contributed by atoms with Crippen LogP contribution in [0.1, 0.15) is 0 Å². The predicted molar refractivity (Wildman–Crippen MR) is 241 cm³/mol. The van der Waals surface area contributed by atoms with Gasteiger partial charge >= 0.3 is 0 Å². The second kappa shape index (κ2) is 13.2. The summed E-state index contributed by atoms with van der Waals surface area (Å²) < 4.78 is 0. The average molecular weight is 713 g/mol. The smallest absolute Gasteiger partial charge is 0.0468 e. The highest BCUT2D eigenvalue weighted by Gasteiger charge is 2.19. The third kappa shape index (κ3) is 5.19. The molecule has 56 heavy (non-hydrogen) atoms. The minimum absolute atomic E-state index is 1.13. The van der Waals surface area contributed by atoms with Crippen LogP contribution in [-0.2, 0) is 0 Å². The third-order valence-corrected chi connectivity index (χ3v) is 11.3. The summed E-state index contributed by atoms with van der Waals surface area (Å²) in [6, 6.07) is 79.4. The molecule has 0 unspecified atom stereocenters. The molecule has 2 nitrogen and oxygen atoms in total. The molecule has 11 aromatic rings. The van der Waals surface area contributed by atoms with E-state index in [1.54, 1.807) is 0 Å². The van der Waals surface area contributed by atoms with Crippen molar-refractivity contribution in [2.75, 3.05) is 9.80 Å². The van der Waals surface area contributed by atoms with Crippen LogP contribution in [0.5, 0.6) is 0 Å². The van der Waals surface area contributed by atoms with Crippen molar-refractivity contribution >= 4 is 98.8 Å². The Bertz CT molecular complexity index is 2930. The van der Waals surface area contributed by atoms with E-state index in [1.807, 2.05) is 0 Å². The number of benzene rings is 11. The van der Waals surface area contributed by atoms with Gasteiger partial charge in [0.25, 0.3) is 0 Å². The molecule has 0 saturated carbocycles. The molecule has 0 aliphatic heterocycles. The van der Waals surface area contributed by atoms with Gasteiger partial charge in [0.1, 0.15) is 0 Å². The Kier molecular flexibility index (Phi) is 7.53. The summed E-state index contributed by atoms with van der Waals surface area (Å²) >= 11 is 0. The van der Waals surface area contributed by atoms with Gasteiger partial charge in [-0.05, 0) is 150 Å². The molecule has 0 aromatic heterocycles. The quantitative estimate of drug-likeness (QED) is 0.125. The molecule has 0 saturated heterocycles. The number of hydrogen-bond acceptors (Lipinski definition) is 2. The molecule has 11 rings (SSSR count). The first-order valence-corrected chi connectivity index (χ1v) is 19.3. The Balaban J connectivity index is 1.18. The van der Waals surface area contributed by atoms with Crippen molar-refractivity contribution in [2.24, 2.45) is 0 Å². The maximum atomic E-state index is 2.46. The highest BCUT2D eigenvalue weighted by molar-refractivity contribution is 6.33. The van der Waals surface area contributed by atoms with E-state index < -0.39 is 0 Å². The van der Waals surface area contributed by atoms with Gasteiger partial charge in [-0.25, -0.2) is 0 Å². The lowest BCUT2D eigenvalue weighted by Gasteiger charge is -2.26. The lowest BCUT2D eigenvalue weighted by Crippen LogP contribution is -2.09. The Morgan fingerprint density at radius 1 is 0.161 bits per heavy atom. The molecule has 0 N–H and O–H groups in total. The fraction of sp³-hybridized carbons (Fsp3) is 0. The zero-order valence-electron chi connectivity index (χ0n) is 30.7. The first-order chi connectivity index (χ1) is 27.8. The van der Waals surface area contributed by atoms with Crippen molar-refractivity contribution in [3.8, 4) is 0 Å². The predicted octanol–water partition coefficient (Wildman–Crippen LogP) is 15.5. The van der Waals surface area contributed by atoms with E-state index in [1.165, 1.54) is 64.6 Å². The van der Waals surface area contributed by atoms with E-state index in [0.717, 1.165) is 34.1 Å². The monoisotopic (exact) mass is 712 g/mol. The highest BCUT2D eigenvalue weighted by Crippen LogP contribution is 2.45. The summed E-state index contributed by atoms with van der Waals surface area (Å²) in [6.07, 6.45) is 0. The lowest BCUT2D eigenvalue weighted by atomic mass is 9.88. The molecule has 11 aromatic carbocycles. The van der Waals surface area contributed by atoms with Crippen LogP contribution in [0.3, 0.4) is 0 Å². The standard InChI is InChI=1S/C54H36N2/c1-5-17-37(18-6-1)55(38-19-7-2-8-20-38)41-29-31-47-49(33-41)43-25-13-15-27-45(43)51-36-54-48-32-30-42(56(39-21-9-3-10-22-39)40-23-11-4-12-24-40)34-50(48)44-26-14-16-28-46(44)52(54)35-53(47)51/h1-36H. The molecule has 0 fully saturated rings. The maximum absolute atomic E-state index is 2.46. The average Bonchev–Trinajstić information content (AvgIpc) is 3.28. The van der Waals surface area contributed by atoms with E-state index in [9.17, 15) is 0 Å². The van der Waals surface area contributed by atoms with E-state index in [-0.39, 0.29) is 0 Å². The van der Waals surface area contributed by atoms with Crippen molar-refractivity contribution < 1.29 is 0 Å². The van der Waals surface area contributed by atoms with Crippen LogP contribution in [0.25, 0.3) is 64.6 Å². The number of nitrogens with zero attached hydrogens (tertiary/aromatic N) is 2. The summed E-state index contributed by atoms with van der Waals surface area (Å²) in [6.45, 7) is 0. The number of para-hydroxylation sites is 4. The summed E-state index contributed by atoms with van der Waals surface area (Å²) in [4.78, 5) is 4.70. The summed E-state index contributed by atoms with van der Waals surface area (Å²) in [7, 11) is 0. The number of anilines is 6. The van der Waals surface area contributed by atoms with Gasteiger partial charge < -0.3 is 9.80 Å². The van der Waals surface area contributed by atoms with E-state index >= 15 is 0 Å². The molecule has 0 aliphatic rings. The minimum Gasteiger partial charge on any atom is -0.310 e. The topological polar surface area (TPSA) is 6.48 Å². The summed E-state index contributed by atoms with van der Waals surface area (Å²) in [5, 5.41) is 15.1. The largest absolute Gasteiger partial charge is 0.310 e. The Morgan fingerprint density at radius 3 is 0.679 bits per heavy atom. The highest BCUT2D eigenvalue weighted by atomic mass is 15.1. The van der Waals surface area contributed by atoms with Crippen molar-refractivity contribution in [3.63, 3.8) is 0 Å². The van der Waals surface area contributed by atoms with Crippen molar-refractivity contribution in [1.82, 2.24) is 0 Å². The maximum Gasteiger partial charge on any atom is 0.0468 e. The normalized spacial score (nSPS) is 11.6. The molecule has 0 radical (unpaired) electrons. The lowest BCUT2D eigenvalue weighted by molar-refractivity contribution is 1.29. The zero-order valence-corrected chi connectivity index (χ0v) is 30.7. The molecule has 0 heterocycles. The van der Waals surface area contributed by atoms with Crippen molar-refractivity contribution in [2.45, 2.75) is 0 Å². The Morgan fingerprint density at radius 2 is 0.393 bits per heavy atom. The van der Waals surface area contributed by atoms with Crippen LogP contribution in [0.2, 0.25) is 0 Å². The van der Waals surface area contributed by atoms with Gasteiger partial charge in [0, 0.05) is 34.1 Å². The molecular formula is C54H36N2. The van der Waals surface area contributed by atoms with Gasteiger partial charge in [-0.15, -0.1) is 0 Å². The van der Waals surface area contributed by atoms with Gasteiger partial charge in [0.15, 0.2) is 0 Å². The van der Waals surface area contributed by atoms with Gasteiger partial charge in [0.2, 0.25) is 0 Å². The number of hydrogen-bond donors (Lipinski definition) is 0. The Hall–Kier alpha value is -7.42. The van der Waals surface area contributed by atoms with Gasteiger partial charge in [-0.3, -0.25) is 0 Å². The van der Waals surface area contributed by atoms with Crippen LogP contribution in [-0.4, -0.2) is 0 Å². The molecule has 0 amide bonds. The van der Waals surface area contributed by atoms with Gasteiger partial charge in [-0.2, -0.15) is 0 Å². The van der Waals surface area contributed by atoms with Crippen molar-refractivity contribution in [3.05, 3.63) is 218 Å². The third-order valence-electron chi connectivity index (χ3n) is 11.3. The summed E-state index contributed by atoms with van der Waals surface area (Å²) in [5.74, 6) is 0. The number of fused-ring (bicyclic) bond motifs is 12. The van der Waals surface area contributed by atoms with Crippen LogP contribution < -0.4 is 9.80 Å². The fourth-order valence-electron chi connectivity index (χ4n) is 8.86. The van der Waals surface area contributed by atoms with Crippen LogP contribution in [0.4, 0.5) is 34.1 Å². The molecule has 0 aliphatic carbocycles. The van der Waals surface area contributed by atoms with Gasteiger partial charge in [0.05, 0.1) is 0 Å². The van der Waals surface area contributed by atoms with E-state index in [4.69, 9.17) is 0 Å². The van der Waals surface area contributed by atoms with E-state index in [2.05, 4.69) is 228 Å². The Labute approximate surface area is 325 Å². The first kappa shape index (κ1) is 32.0. The second-order valence-electron chi connectivity index (χ2n) is 14.5. The molecule has 262 valence electrons. The minimum atomic E-state index is 1.13. The first-order valence-electron chi connectivity index (χ1n) is 19.3. The molecule has 0 atom stereocenters. The fourth-order valence-corrected chi connectivity index (χ4v) is 8.86. The van der Waals surface area contributed by atoms with Crippen molar-refractivity contribution in [1.29, 1.82) is 0 Å². The molecular weight excluding hydrogens is 677 g/mol. The van der Waals surface area contributed by atoms with Crippen LogP contribution in [0.15, 0.2) is 218 Å². The second-order valence-corrected chi connectivity index (χ2v) is 14.5. The SMILES string of the molecule is c1ccc(N(c2ccccc2)c2ccc3c(c2)c2ccccc2c2cc4c5ccc(N(c6ccccc6)c6ccccc6)cc5c5ccccc5c4cc32)cc1. The number of rotatable bonds is 6. The zero-order chi connectivity index (χ0) is 37.0.